The van der Waals surface area contributed by atoms with Crippen molar-refractivity contribution in [1.82, 2.24) is 26.6 Å². The van der Waals surface area contributed by atoms with Crippen molar-refractivity contribution in [2.75, 3.05) is 0 Å². The number of aliphatic hydroxyl groups excluding tert-OH is 1. The molecular formula is C45H61N5O10. The van der Waals surface area contributed by atoms with E-state index in [4.69, 9.17) is 4.74 Å². The average Bonchev–Trinajstić information content (AvgIpc) is 3.21. The molecule has 15 heteroatoms. The number of nitrogens with one attached hydrogen (secondary N) is 5. The van der Waals surface area contributed by atoms with Gasteiger partial charge in [0.15, 0.2) is 0 Å². The van der Waals surface area contributed by atoms with Crippen LogP contribution in [0.15, 0.2) is 84.9 Å². The monoisotopic (exact) mass is 831 g/mol. The maximum absolute atomic E-state index is 13.9. The van der Waals surface area contributed by atoms with Gasteiger partial charge in [-0.1, -0.05) is 121 Å². The Balaban J connectivity index is 1.72. The minimum atomic E-state index is -1.41. The quantitative estimate of drug-likeness (QED) is 0.0685. The van der Waals surface area contributed by atoms with Gasteiger partial charge in [0, 0.05) is 12.8 Å². The van der Waals surface area contributed by atoms with Gasteiger partial charge in [0.1, 0.15) is 36.5 Å². The molecule has 326 valence electrons. The van der Waals surface area contributed by atoms with Crippen molar-refractivity contribution >= 4 is 35.7 Å². The number of carbonyl (C=O) groups is 6. The third-order valence-corrected chi connectivity index (χ3v) is 10.1. The molecule has 0 heterocycles. The minimum absolute atomic E-state index is 0.00242. The Morgan fingerprint density at radius 1 is 0.633 bits per heavy atom. The number of rotatable bonds is 23. The highest BCUT2D eigenvalue weighted by Crippen LogP contribution is 2.16. The SMILES string of the molecule is CCC(C)[C@H](NC(=O)C[C@H](O)[C@H](CC(C)C)NC(=O)[C@@H](NC(=O)[C@H](Cc1ccc(O)cc1)NC(=O)OCc1ccccc1)C(C)C)C(=O)N[C@@H](Cc1ccccc1)C(=O)O. The Bertz CT molecular complexity index is 1840. The zero-order chi connectivity index (χ0) is 44.4. The number of benzene rings is 3. The number of aliphatic hydroxyl groups is 1. The summed E-state index contributed by atoms with van der Waals surface area (Å²) in [5.41, 5.74) is 2.06. The van der Waals surface area contributed by atoms with Crippen molar-refractivity contribution in [2.45, 2.75) is 117 Å². The molecule has 0 fully saturated rings. The molecule has 0 spiro atoms. The number of carboxylic acids is 1. The topological polar surface area (TPSA) is 232 Å². The average molecular weight is 832 g/mol. The molecule has 0 aromatic heterocycles. The summed E-state index contributed by atoms with van der Waals surface area (Å²) in [7, 11) is 0. The number of alkyl carbamates (subject to hydrolysis) is 1. The molecule has 0 bridgehead atoms. The number of phenols is 1. The Hall–Kier alpha value is -5.96. The molecule has 0 aliphatic heterocycles. The molecule has 3 aromatic rings. The molecule has 5 amide bonds. The molecule has 0 saturated heterocycles. The predicted molar refractivity (Wildman–Crippen MR) is 225 cm³/mol. The van der Waals surface area contributed by atoms with E-state index in [1.165, 1.54) is 12.1 Å². The van der Waals surface area contributed by atoms with Gasteiger partial charge in [0.05, 0.1) is 18.6 Å². The summed E-state index contributed by atoms with van der Waals surface area (Å²) in [6, 6.07) is 18.3. The molecule has 0 aliphatic rings. The second-order valence-electron chi connectivity index (χ2n) is 15.9. The first-order valence-electron chi connectivity index (χ1n) is 20.4. The van der Waals surface area contributed by atoms with Gasteiger partial charge < -0.3 is 46.6 Å². The van der Waals surface area contributed by atoms with Gasteiger partial charge >= 0.3 is 12.1 Å². The van der Waals surface area contributed by atoms with Crippen molar-refractivity contribution in [3.05, 3.63) is 102 Å². The summed E-state index contributed by atoms with van der Waals surface area (Å²) in [5.74, 6) is -4.78. The molecule has 3 rings (SSSR count). The summed E-state index contributed by atoms with van der Waals surface area (Å²) < 4.78 is 5.36. The summed E-state index contributed by atoms with van der Waals surface area (Å²) in [6.07, 6.45) is -1.99. The highest BCUT2D eigenvalue weighted by atomic mass is 16.5. The van der Waals surface area contributed by atoms with Crippen LogP contribution in [0.1, 0.15) is 77.5 Å². The first-order chi connectivity index (χ1) is 28.5. The summed E-state index contributed by atoms with van der Waals surface area (Å²) in [6.45, 7) is 10.7. The first kappa shape index (κ1) is 48.4. The van der Waals surface area contributed by atoms with Crippen molar-refractivity contribution in [3.63, 3.8) is 0 Å². The molecule has 0 aliphatic carbocycles. The lowest BCUT2D eigenvalue weighted by Gasteiger charge is -2.31. The van der Waals surface area contributed by atoms with Crippen LogP contribution >= 0.6 is 0 Å². The van der Waals surface area contributed by atoms with E-state index in [2.05, 4.69) is 26.6 Å². The van der Waals surface area contributed by atoms with E-state index in [0.717, 1.165) is 5.56 Å². The molecule has 15 nitrogen and oxygen atoms in total. The van der Waals surface area contributed by atoms with Crippen molar-refractivity contribution < 1.29 is 48.8 Å². The van der Waals surface area contributed by atoms with Gasteiger partial charge in [-0.2, -0.15) is 0 Å². The van der Waals surface area contributed by atoms with Gasteiger partial charge in [-0.15, -0.1) is 0 Å². The van der Waals surface area contributed by atoms with Gasteiger partial charge in [-0.05, 0) is 53.0 Å². The van der Waals surface area contributed by atoms with E-state index in [0.29, 0.717) is 17.5 Å². The smallest absolute Gasteiger partial charge is 0.408 e. The normalized spacial score (nSPS) is 14.7. The highest BCUT2D eigenvalue weighted by Gasteiger charge is 2.34. The number of hydrogen-bond acceptors (Lipinski definition) is 9. The molecular weight excluding hydrogens is 771 g/mol. The third kappa shape index (κ3) is 16.4. The van der Waals surface area contributed by atoms with Crippen LogP contribution in [-0.2, 0) is 48.2 Å². The van der Waals surface area contributed by atoms with Gasteiger partial charge in [0.25, 0.3) is 0 Å². The fourth-order valence-corrected chi connectivity index (χ4v) is 6.44. The maximum atomic E-state index is 13.9. The minimum Gasteiger partial charge on any atom is -0.508 e. The number of ether oxygens (including phenoxy) is 1. The van der Waals surface area contributed by atoms with E-state index in [1.807, 2.05) is 26.8 Å². The number of carbonyl (C=O) groups excluding carboxylic acids is 5. The van der Waals surface area contributed by atoms with E-state index in [1.54, 1.807) is 87.5 Å². The lowest BCUT2D eigenvalue weighted by atomic mass is 9.94. The lowest BCUT2D eigenvalue weighted by Crippen LogP contribution is -2.58. The summed E-state index contributed by atoms with van der Waals surface area (Å²) in [5, 5.41) is 44.4. The zero-order valence-electron chi connectivity index (χ0n) is 35.2. The second kappa shape index (κ2) is 24.2. The fraction of sp³-hybridized carbons (Fsp3) is 0.467. The summed E-state index contributed by atoms with van der Waals surface area (Å²) in [4.78, 5) is 79.6. The van der Waals surface area contributed by atoms with E-state index >= 15 is 0 Å². The van der Waals surface area contributed by atoms with Crippen LogP contribution in [0.2, 0.25) is 0 Å². The van der Waals surface area contributed by atoms with Gasteiger partial charge in [-0.25, -0.2) is 9.59 Å². The number of hydrogen-bond donors (Lipinski definition) is 8. The Labute approximate surface area is 352 Å². The van der Waals surface area contributed by atoms with Crippen LogP contribution in [0, 0.1) is 17.8 Å². The molecule has 1 unspecified atom stereocenters. The third-order valence-electron chi connectivity index (χ3n) is 10.1. The molecule has 7 atom stereocenters. The number of amides is 5. The van der Waals surface area contributed by atoms with Crippen LogP contribution in [0.4, 0.5) is 4.79 Å². The first-order valence-corrected chi connectivity index (χ1v) is 20.4. The molecule has 0 radical (unpaired) electrons. The van der Waals surface area contributed by atoms with Crippen molar-refractivity contribution in [2.24, 2.45) is 17.8 Å². The maximum Gasteiger partial charge on any atom is 0.408 e. The highest BCUT2D eigenvalue weighted by molar-refractivity contribution is 5.92. The predicted octanol–water partition coefficient (Wildman–Crippen LogP) is 4.00. The molecule has 0 saturated carbocycles. The standard InChI is InChI=1S/C45H61N5O10/c1-7-29(6)40(43(56)47-36(44(57)58)24-30-14-10-8-11-15-30)49-38(53)25-37(52)34(22-27(2)3)46-42(55)39(28(4)5)50-41(54)35(23-31-18-20-33(51)21-19-31)48-45(59)60-26-32-16-12-9-13-17-32/h8-21,27-29,34-37,39-40,51-52H,7,22-26H2,1-6H3,(H,46,55)(H,47,56)(H,48,59)(H,49,53)(H,50,54)(H,57,58)/t29?,34-,35-,36-,37-,39-,40-/m0/s1. The lowest BCUT2D eigenvalue weighted by molar-refractivity contribution is -0.142. The van der Waals surface area contributed by atoms with Crippen LogP contribution in [0.25, 0.3) is 0 Å². The zero-order valence-corrected chi connectivity index (χ0v) is 35.2. The van der Waals surface area contributed by atoms with Crippen molar-refractivity contribution in [1.29, 1.82) is 0 Å². The van der Waals surface area contributed by atoms with Crippen LogP contribution < -0.4 is 26.6 Å². The number of aromatic hydroxyl groups is 1. The number of phenolic OH excluding ortho intramolecular Hbond substituents is 1. The number of carboxylic acid groups (broad SMARTS) is 1. The summed E-state index contributed by atoms with van der Waals surface area (Å²) >= 11 is 0. The molecule has 8 N–H and O–H groups in total. The molecule has 60 heavy (non-hydrogen) atoms. The van der Waals surface area contributed by atoms with Crippen LogP contribution in [-0.4, -0.2) is 87.3 Å². The largest absolute Gasteiger partial charge is 0.508 e. The van der Waals surface area contributed by atoms with Gasteiger partial charge in [-0.3, -0.25) is 19.2 Å². The Morgan fingerprint density at radius 3 is 1.73 bits per heavy atom. The Kier molecular flexibility index (Phi) is 19.5. The van der Waals surface area contributed by atoms with E-state index < -0.39 is 90.3 Å². The van der Waals surface area contributed by atoms with Gasteiger partial charge in [0.2, 0.25) is 23.6 Å². The fourth-order valence-electron chi connectivity index (χ4n) is 6.44. The molecule has 3 aromatic carbocycles. The number of aliphatic carboxylic acids is 1. The Morgan fingerprint density at radius 2 is 1.18 bits per heavy atom. The van der Waals surface area contributed by atoms with Crippen LogP contribution in [0.3, 0.4) is 0 Å². The van der Waals surface area contributed by atoms with E-state index in [-0.39, 0.29) is 37.5 Å². The van der Waals surface area contributed by atoms with E-state index in [9.17, 15) is 44.1 Å². The second-order valence-corrected chi connectivity index (χ2v) is 15.9. The van der Waals surface area contributed by atoms with Crippen molar-refractivity contribution in [3.8, 4) is 5.75 Å². The van der Waals surface area contributed by atoms with Crippen LogP contribution in [0.5, 0.6) is 5.75 Å².